The van der Waals surface area contributed by atoms with Gasteiger partial charge in [-0.25, -0.2) is 0 Å². The molecule has 0 radical (unpaired) electrons. The minimum atomic E-state index is 0.349. The van der Waals surface area contributed by atoms with Crippen LogP contribution in [0.5, 0.6) is 11.5 Å². The maximum Gasteiger partial charge on any atom is 0.161 e. The molecule has 1 fully saturated rings. The summed E-state index contributed by atoms with van der Waals surface area (Å²) < 4.78 is 16.5. The van der Waals surface area contributed by atoms with Crippen LogP contribution in [0, 0.1) is 0 Å². The first-order chi connectivity index (χ1) is 8.33. The maximum absolute atomic E-state index is 6.00. The lowest BCUT2D eigenvalue weighted by Gasteiger charge is -2.16. The van der Waals surface area contributed by atoms with Gasteiger partial charge in [-0.05, 0) is 43.4 Å². The van der Waals surface area contributed by atoms with Gasteiger partial charge in [-0.1, -0.05) is 6.07 Å². The summed E-state index contributed by atoms with van der Waals surface area (Å²) in [5.74, 6) is 1.64. The predicted octanol–water partition coefficient (Wildman–Crippen LogP) is 3.16. The van der Waals surface area contributed by atoms with Gasteiger partial charge < -0.3 is 14.2 Å². The quantitative estimate of drug-likeness (QED) is 0.786. The van der Waals surface area contributed by atoms with Crippen molar-refractivity contribution in [1.29, 1.82) is 0 Å². The lowest BCUT2D eigenvalue weighted by Crippen LogP contribution is -2.11. The molecule has 0 heterocycles. The fourth-order valence-electron chi connectivity index (χ4n) is 2.26. The molecule has 1 aromatic carbocycles. The van der Waals surface area contributed by atoms with Gasteiger partial charge in [-0.3, -0.25) is 0 Å². The van der Waals surface area contributed by atoms with Gasteiger partial charge in [0.2, 0.25) is 0 Å². The summed E-state index contributed by atoms with van der Waals surface area (Å²) in [6.07, 6.45) is 5.19. The second-order valence-electron chi connectivity index (χ2n) is 4.44. The highest BCUT2D eigenvalue weighted by atomic mass is 16.5. The molecular weight excluding hydrogens is 216 g/mol. The average molecular weight is 236 g/mol. The summed E-state index contributed by atoms with van der Waals surface area (Å²) in [6, 6.07) is 5.96. The van der Waals surface area contributed by atoms with Gasteiger partial charge in [0.1, 0.15) is 0 Å². The van der Waals surface area contributed by atoms with Crippen molar-refractivity contribution in [2.24, 2.45) is 0 Å². The van der Waals surface area contributed by atoms with E-state index in [1.807, 2.05) is 18.2 Å². The third-order valence-electron chi connectivity index (χ3n) is 3.13. The van der Waals surface area contributed by atoms with Gasteiger partial charge in [-0.2, -0.15) is 0 Å². The van der Waals surface area contributed by atoms with Crippen LogP contribution in [-0.2, 0) is 11.3 Å². The topological polar surface area (TPSA) is 27.7 Å². The lowest BCUT2D eigenvalue weighted by atomic mass is 10.2. The van der Waals surface area contributed by atoms with E-state index in [4.69, 9.17) is 14.2 Å². The first-order valence-corrected chi connectivity index (χ1v) is 6.16. The fourth-order valence-corrected chi connectivity index (χ4v) is 2.26. The van der Waals surface area contributed by atoms with Crippen molar-refractivity contribution in [3.63, 3.8) is 0 Å². The van der Waals surface area contributed by atoms with Crippen LogP contribution in [0.15, 0.2) is 18.2 Å². The van der Waals surface area contributed by atoms with E-state index in [1.165, 1.54) is 12.8 Å². The first-order valence-electron chi connectivity index (χ1n) is 6.16. The molecule has 0 amide bonds. The van der Waals surface area contributed by atoms with E-state index in [2.05, 4.69) is 0 Å². The molecule has 1 aromatic rings. The van der Waals surface area contributed by atoms with E-state index < -0.39 is 0 Å². The Morgan fingerprint density at radius 1 is 1.12 bits per heavy atom. The zero-order chi connectivity index (χ0) is 12.1. The average Bonchev–Trinajstić information content (AvgIpc) is 2.83. The number of hydrogen-bond acceptors (Lipinski definition) is 3. The molecule has 0 aliphatic heterocycles. The lowest BCUT2D eigenvalue weighted by molar-refractivity contribution is 0.181. The zero-order valence-corrected chi connectivity index (χ0v) is 10.6. The van der Waals surface area contributed by atoms with Crippen LogP contribution in [0.25, 0.3) is 0 Å². The minimum absolute atomic E-state index is 0.349. The van der Waals surface area contributed by atoms with Crippen molar-refractivity contribution in [3.05, 3.63) is 23.8 Å². The Labute approximate surface area is 103 Å². The number of methoxy groups -OCH3 is 2. The Bertz CT molecular complexity index is 356. The van der Waals surface area contributed by atoms with E-state index >= 15 is 0 Å². The molecule has 1 aliphatic rings. The van der Waals surface area contributed by atoms with Crippen LogP contribution in [0.1, 0.15) is 31.2 Å². The summed E-state index contributed by atoms with van der Waals surface area (Å²) in [5, 5.41) is 0. The van der Waals surface area contributed by atoms with Crippen molar-refractivity contribution in [1.82, 2.24) is 0 Å². The van der Waals surface area contributed by atoms with Crippen molar-refractivity contribution >= 4 is 0 Å². The molecule has 17 heavy (non-hydrogen) atoms. The Morgan fingerprint density at radius 3 is 2.53 bits per heavy atom. The maximum atomic E-state index is 6.00. The van der Waals surface area contributed by atoms with E-state index in [9.17, 15) is 0 Å². The molecule has 0 saturated heterocycles. The van der Waals surface area contributed by atoms with E-state index in [-0.39, 0.29) is 0 Å². The molecule has 2 rings (SSSR count). The van der Waals surface area contributed by atoms with Crippen LogP contribution < -0.4 is 9.47 Å². The second kappa shape index (κ2) is 5.92. The Hall–Kier alpha value is -1.22. The summed E-state index contributed by atoms with van der Waals surface area (Å²) in [6.45, 7) is 0.602. The molecule has 0 unspecified atom stereocenters. The van der Waals surface area contributed by atoms with Crippen molar-refractivity contribution in [3.8, 4) is 11.5 Å². The predicted molar refractivity (Wildman–Crippen MR) is 66.6 cm³/mol. The zero-order valence-electron chi connectivity index (χ0n) is 10.6. The molecular formula is C14H20O3. The van der Waals surface area contributed by atoms with Crippen LogP contribution in [0.2, 0.25) is 0 Å². The van der Waals surface area contributed by atoms with Gasteiger partial charge in [0.25, 0.3) is 0 Å². The highest BCUT2D eigenvalue weighted by Crippen LogP contribution is 2.32. The minimum Gasteiger partial charge on any atom is -0.493 e. The summed E-state index contributed by atoms with van der Waals surface area (Å²) in [5.41, 5.74) is 1.11. The van der Waals surface area contributed by atoms with Gasteiger partial charge >= 0.3 is 0 Å². The third kappa shape index (κ3) is 3.13. The molecule has 0 bridgehead atoms. The Kier molecular flexibility index (Phi) is 4.26. The Morgan fingerprint density at radius 2 is 1.88 bits per heavy atom. The van der Waals surface area contributed by atoms with Crippen LogP contribution in [-0.4, -0.2) is 20.3 Å². The van der Waals surface area contributed by atoms with E-state index in [0.29, 0.717) is 12.7 Å². The largest absolute Gasteiger partial charge is 0.493 e. The molecule has 0 atom stereocenters. The van der Waals surface area contributed by atoms with Crippen LogP contribution in [0.3, 0.4) is 0 Å². The summed E-state index contributed by atoms with van der Waals surface area (Å²) in [4.78, 5) is 0. The van der Waals surface area contributed by atoms with E-state index in [1.54, 1.807) is 14.2 Å². The fraction of sp³-hybridized carbons (Fsp3) is 0.571. The normalized spacial score (nSPS) is 16.1. The monoisotopic (exact) mass is 236 g/mol. The molecule has 1 saturated carbocycles. The van der Waals surface area contributed by atoms with Crippen LogP contribution in [0.4, 0.5) is 0 Å². The third-order valence-corrected chi connectivity index (χ3v) is 3.13. The highest BCUT2D eigenvalue weighted by molar-refractivity contribution is 5.43. The number of benzene rings is 1. The highest BCUT2D eigenvalue weighted by Gasteiger charge is 2.18. The number of rotatable bonds is 5. The summed E-state index contributed by atoms with van der Waals surface area (Å²) >= 11 is 0. The Balaban J connectivity index is 2.12. The number of ether oxygens (including phenoxy) is 3. The van der Waals surface area contributed by atoms with Crippen molar-refractivity contribution < 1.29 is 14.2 Å². The molecule has 0 spiro atoms. The van der Waals surface area contributed by atoms with Crippen molar-refractivity contribution in [2.45, 2.75) is 38.4 Å². The molecule has 3 heteroatoms. The standard InChI is InChI=1S/C14H20O3/c1-15-10-11-7-8-13(16-2)14(9-11)17-12-5-3-4-6-12/h7-9,12H,3-6,10H2,1-2H3. The van der Waals surface area contributed by atoms with Gasteiger partial charge in [0, 0.05) is 7.11 Å². The second-order valence-corrected chi connectivity index (χ2v) is 4.44. The molecule has 94 valence electrons. The molecule has 0 N–H and O–H groups in total. The molecule has 1 aliphatic carbocycles. The number of hydrogen-bond donors (Lipinski definition) is 0. The first kappa shape index (κ1) is 12.2. The van der Waals surface area contributed by atoms with E-state index in [0.717, 1.165) is 29.9 Å². The SMILES string of the molecule is COCc1ccc(OC)c(OC2CCCC2)c1. The molecule has 3 nitrogen and oxygen atoms in total. The summed E-state index contributed by atoms with van der Waals surface area (Å²) in [7, 11) is 3.37. The van der Waals surface area contributed by atoms with Gasteiger partial charge in [0.05, 0.1) is 19.8 Å². The van der Waals surface area contributed by atoms with Gasteiger partial charge in [-0.15, -0.1) is 0 Å². The molecule has 0 aromatic heterocycles. The van der Waals surface area contributed by atoms with Crippen LogP contribution >= 0.6 is 0 Å². The van der Waals surface area contributed by atoms with Crippen molar-refractivity contribution in [2.75, 3.05) is 14.2 Å². The van der Waals surface area contributed by atoms with Gasteiger partial charge in [0.15, 0.2) is 11.5 Å². The smallest absolute Gasteiger partial charge is 0.161 e.